The van der Waals surface area contributed by atoms with Gasteiger partial charge >= 0.3 is 0 Å². The molecule has 82 valence electrons. The van der Waals surface area contributed by atoms with Crippen LogP contribution < -0.4 is 0 Å². The molecule has 0 aliphatic heterocycles. The Bertz CT molecular complexity index is 460. The first-order chi connectivity index (χ1) is 7.77. The van der Waals surface area contributed by atoms with E-state index in [4.69, 9.17) is 0 Å². The summed E-state index contributed by atoms with van der Waals surface area (Å²) in [6.07, 6.45) is 3.66. The molecule has 2 aromatic rings. The predicted molar refractivity (Wildman–Crippen MR) is 67.1 cm³/mol. The molecule has 0 radical (unpaired) electrons. The van der Waals surface area contributed by atoms with Crippen LogP contribution in [0, 0.1) is 0 Å². The number of benzene rings is 1. The molecule has 0 atom stereocenters. The average Bonchev–Trinajstić information content (AvgIpc) is 2.80. The van der Waals surface area contributed by atoms with E-state index in [1.807, 2.05) is 37.2 Å². The van der Waals surface area contributed by atoms with Crippen LogP contribution in [0.5, 0.6) is 0 Å². The monoisotopic (exact) mass is 231 g/mol. The zero-order valence-electron chi connectivity index (χ0n) is 9.29. The van der Waals surface area contributed by atoms with E-state index in [0.29, 0.717) is 0 Å². The molecule has 1 aromatic carbocycles. The number of rotatable bonds is 3. The van der Waals surface area contributed by atoms with Gasteiger partial charge in [0.05, 0.1) is 0 Å². The van der Waals surface area contributed by atoms with Crippen molar-refractivity contribution in [2.45, 2.75) is 0 Å². The Morgan fingerprint density at radius 3 is 2.56 bits per heavy atom. The Hall–Kier alpha value is -1.68. The number of nitrogens with zero attached hydrogens (tertiary/aromatic N) is 3. The second-order valence-corrected chi connectivity index (χ2v) is 4.40. The van der Waals surface area contributed by atoms with E-state index in [9.17, 15) is 0 Å². The predicted octanol–water partition coefficient (Wildman–Crippen LogP) is 2.49. The van der Waals surface area contributed by atoms with Crippen molar-refractivity contribution in [2.75, 3.05) is 14.1 Å². The van der Waals surface area contributed by atoms with Gasteiger partial charge in [0.1, 0.15) is 11.3 Å². The van der Waals surface area contributed by atoms with E-state index in [1.165, 1.54) is 11.5 Å². The highest BCUT2D eigenvalue weighted by Gasteiger charge is 2.08. The zero-order chi connectivity index (χ0) is 11.4. The summed E-state index contributed by atoms with van der Waals surface area (Å²) in [5, 5.41) is 0.944. The molecule has 0 saturated heterocycles. The standard InChI is InChI=1S/C12H13N3S/c1-15(2)8-11(12-13-9-14-16-12)10-6-4-3-5-7-10/h3-9H,1-2H3/b11-8-. The summed E-state index contributed by atoms with van der Waals surface area (Å²) in [5.74, 6) is 0. The summed E-state index contributed by atoms with van der Waals surface area (Å²) in [6, 6.07) is 10.2. The lowest BCUT2D eigenvalue weighted by Gasteiger charge is -2.09. The van der Waals surface area contributed by atoms with Gasteiger partial charge in [0.2, 0.25) is 0 Å². The lowest BCUT2D eigenvalue weighted by Crippen LogP contribution is -2.03. The minimum absolute atomic E-state index is 0.944. The van der Waals surface area contributed by atoms with Crippen molar-refractivity contribution in [3.05, 3.63) is 53.4 Å². The van der Waals surface area contributed by atoms with Crippen LogP contribution in [0.2, 0.25) is 0 Å². The Kier molecular flexibility index (Phi) is 3.31. The molecule has 3 nitrogen and oxygen atoms in total. The number of hydrogen-bond donors (Lipinski definition) is 0. The van der Waals surface area contributed by atoms with Crippen LogP contribution in [0.4, 0.5) is 0 Å². The molecular formula is C12H13N3S. The first-order valence-electron chi connectivity index (χ1n) is 4.98. The van der Waals surface area contributed by atoms with Crippen LogP contribution >= 0.6 is 11.5 Å². The van der Waals surface area contributed by atoms with Crippen molar-refractivity contribution in [1.82, 2.24) is 14.3 Å². The maximum absolute atomic E-state index is 4.26. The maximum Gasteiger partial charge on any atom is 0.145 e. The zero-order valence-corrected chi connectivity index (χ0v) is 10.1. The minimum Gasteiger partial charge on any atom is -0.383 e. The summed E-state index contributed by atoms with van der Waals surface area (Å²) in [6.45, 7) is 0. The van der Waals surface area contributed by atoms with Crippen LogP contribution in [0.15, 0.2) is 42.9 Å². The van der Waals surface area contributed by atoms with E-state index in [2.05, 4.69) is 27.7 Å². The summed E-state index contributed by atoms with van der Waals surface area (Å²) in [7, 11) is 4.01. The maximum atomic E-state index is 4.26. The molecule has 0 amide bonds. The molecule has 0 saturated carbocycles. The van der Waals surface area contributed by atoms with Gasteiger partial charge < -0.3 is 4.90 Å². The molecular weight excluding hydrogens is 218 g/mol. The number of aromatic nitrogens is 2. The second-order valence-electron chi connectivity index (χ2n) is 3.62. The summed E-state index contributed by atoms with van der Waals surface area (Å²) >= 11 is 1.41. The van der Waals surface area contributed by atoms with Crippen LogP contribution in [-0.2, 0) is 0 Å². The molecule has 0 aliphatic carbocycles. The minimum atomic E-state index is 0.944. The highest BCUT2D eigenvalue weighted by atomic mass is 32.1. The van der Waals surface area contributed by atoms with Gasteiger partial charge in [-0.05, 0) is 17.1 Å². The fourth-order valence-electron chi connectivity index (χ4n) is 1.42. The van der Waals surface area contributed by atoms with Gasteiger partial charge in [-0.1, -0.05) is 30.3 Å². The van der Waals surface area contributed by atoms with Gasteiger partial charge in [0.15, 0.2) is 0 Å². The SMILES string of the molecule is CN(C)/C=C(/c1ccccc1)c1ncns1. The number of hydrogen-bond acceptors (Lipinski definition) is 4. The third-order valence-corrected chi connectivity index (χ3v) is 2.76. The molecule has 4 heteroatoms. The fraction of sp³-hybridized carbons (Fsp3) is 0.167. The van der Waals surface area contributed by atoms with Crippen molar-refractivity contribution in [3.63, 3.8) is 0 Å². The first kappa shape index (κ1) is 10.8. The highest BCUT2D eigenvalue weighted by molar-refractivity contribution is 7.06. The third-order valence-electron chi connectivity index (χ3n) is 2.06. The van der Waals surface area contributed by atoms with Crippen LogP contribution in [-0.4, -0.2) is 28.4 Å². The van der Waals surface area contributed by atoms with Crippen LogP contribution in [0.25, 0.3) is 5.57 Å². The van der Waals surface area contributed by atoms with Crippen molar-refractivity contribution in [3.8, 4) is 0 Å². The highest BCUT2D eigenvalue weighted by Crippen LogP contribution is 2.23. The fourth-order valence-corrected chi connectivity index (χ4v) is 1.98. The topological polar surface area (TPSA) is 29.0 Å². The van der Waals surface area contributed by atoms with Gasteiger partial charge in [-0.25, -0.2) is 4.98 Å². The van der Waals surface area contributed by atoms with Crippen molar-refractivity contribution >= 4 is 17.1 Å². The first-order valence-corrected chi connectivity index (χ1v) is 5.75. The summed E-state index contributed by atoms with van der Waals surface area (Å²) < 4.78 is 4.05. The van der Waals surface area contributed by atoms with Crippen LogP contribution in [0.1, 0.15) is 10.6 Å². The lowest BCUT2D eigenvalue weighted by atomic mass is 10.1. The molecule has 0 aliphatic rings. The Morgan fingerprint density at radius 1 is 1.25 bits per heavy atom. The van der Waals surface area contributed by atoms with E-state index < -0.39 is 0 Å². The van der Waals surface area contributed by atoms with Gasteiger partial charge in [0.25, 0.3) is 0 Å². The smallest absolute Gasteiger partial charge is 0.145 e. The normalized spacial score (nSPS) is 11.5. The van der Waals surface area contributed by atoms with Crippen LogP contribution in [0.3, 0.4) is 0 Å². The Balaban J connectivity index is 2.45. The molecule has 0 fully saturated rings. The van der Waals surface area contributed by atoms with Gasteiger partial charge in [-0.3, -0.25) is 0 Å². The van der Waals surface area contributed by atoms with Gasteiger partial charge in [-0.15, -0.1) is 0 Å². The van der Waals surface area contributed by atoms with Gasteiger partial charge in [-0.2, -0.15) is 4.37 Å². The molecule has 1 heterocycles. The summed E-state index contributed by atoms with van der Waals surface area (Å²) in [4.78, 5) is 6.28. The Morgan fingerprint density at radius 2 is 2.00 bits per heavy atom. The van der Waals surface area contributed by atoms with Crippen molar-refractivity contribution in [2.24, 2.45) is 0 Å². The average molecular weight is 231 g/mol. The molecule has 0 unspecified atom stereocenters. The quantitative estimate of drug-likeness (QED) is 0.812. The second kappa shape index (κ2) is 4.90. The molecule has 0 bridgehead atoms. The third kappa shape index (κ3) is 2.46. The molecule has 0 spiro atoms. The Labute approximate surface area is 99.2 Å². The van der Waals surface area contributed by atoms with E-state index in [1.54, 1.807) is 6.33 Å². The molecule has 0 N–H and O–H groups in total. The molecule has 1 aromatic heterocycles. The van der Waals surface area contributed by atoms with Crippen molar-refractivity contribution in [1.29, 1.82) is 0 Å². The lowest BCUT2D eigenvalue weighted by molar-refractivity contribution is 0.565. The van der Waals surface area contributed by atoms with E-state index >= 15 is 0 Å². The van der Waals surface area contributed by atoms with Crippen molar-refractivity contribution < 1.29 is 0 Å². The molecule has 2 rings (SSSR count). The molecule has 16 heavy (non-hydrogen) atoms. The summed E-state index contributed by atoms with van der Waals surface area (Å²) in [5.41, 5.74) is 2.26. The largest absolute Gasteiger partial charge is 0.383 e. The van der Waals surface area contributed by atoms with E-state index in [0.717, 1.165) is 16.1 Å². The van der Waals surface area contributed by atoms with Gasteiger partial charge in [0, 0.05) is 25.9 Å². The van der Waals surface area contributed by atoms with E-state index in [-0.39, 0.29) is 0 Å².